The summed E-state index contributed by atoms with van der Waals surface area (Å²) in [5.41, 5.74) is 0.891. The fourth-order valence-electron chi connectivity index (χ4n) is 2.04. The van der Waals surface area contributed by atoms with E-state index in [0.717, 1.165) is 23.5 Å². The van der Waals surface area contributed by atoms with Gasteiger partial charge in [-0.2, -0.15) is 11.8 Å². The average molecular weight is 302 g/mol. The lowest BCUT2D eigenvalue weighted by atomic mass is 10.1. The van der Waals surface area contributed by atoms with Crippen molar-refractivity contribution in [3.05, 3.63) is 29.0 Å². The molecule has 2 rings (SSSR count). The van der Waals surface area contributed by atoms with Crippen LogP contribution in [0.5, 0.6) is 0 Å². The second kappa shape index (κ2) is 6.83. The SMILES string of the molecule is CCC1SCCSC1C(=O)Cc1ccncc1Cl. The number of carbonyl (C=O) groups excluding carboxylic acids is 1. The first-order valence-electron chi connectivity index (χ1n) is 6.06. The summed E-state index contributed by atoms with van der Waals surface area (Å²) in [6.45, 7) is 2.16. The first-order chi connectivity index (χ1) is 8.72. The summed E-state index contributed by atoms with van der Waals surface area (Å²) in [6.07, 6.45) is 4.77. The molecule has 2 heterocycles. The number of carbonyl (C=O) groups is 1. The zero-order valence-electron chi connectivity index (χ0n) is 10.3. The van der Waals surface area contributed by atoms with Crippen LogP contribution >= 0.6 is 35.1 Å². The third-order valence-corrected chi connectivity index (χ3v) is 6.63. The Morgan fingerprint density at radius 2 is 2.28 bits per heavy atom. The second-order valence-corrected chi connectivity index (χ2v) is 7.22. The number of pyridine rings is 1. The maximum atomic E-state index is 12.4. The summed E-state index contributed by atoms with van der Waals surface area (Å²) in [5, 5.41) is 1.17. The van der Waals surface area contributed by atoms with Crippen molar-refractivity contribution < 1.29 is 4.79 Å². The lowest BCUT2D eigenvalue weighted by Gasteiger charge is -2.28. The number of aromatic nitrogens is 1. The Labute approximate surface area is 121 Å². The molecule has 2 nitrogen and oxygen atoms in total. The van der Waals surface area contributed by atoms with E-state index in [-0.39, 0.29) is 5.25 Å². The summed E-state index contributed by atoms with van der Waals surface area (Å²) in [4.78, 5) is 16.3. The highest BCUT2D eigenvalue weighted by molar-refractivity contribution is 8.07. The van der Waals surface area contributed by atoms with Gasteiger partial charge in [-0.1, -0.05) is 18.5 Å². The highest BCUT2D eigenvalue weighted by Gasteiger charge is 2.30. The number of ketones is 1. The largest absolute Gasteiger partial charge is 0.298 e. The second-order valence-electron chi connectivity index (χ2n) is 4.22. The van der Waals surface area contributed by atoms with Crippen molar-refractivity contribution in [1.82, 2.24) is 4.98 Å². The quantitative estimate of drug-likeness (QED) is 0.852. The molecule has 1 aliphatic rings. The summed E-state index contributed by atoms with van der Waals surface area (Å²) in [5.74, 6) is 2.53. The Hall–Kier alpha value is -0.190. The number of rotatable bonds is 4. The smallest absolute Gasteiger partial charge is 0.151 e. The Morgan fingerprint density at radius 3 is 3.00 bits per heavy atom. The zero-order chi connectivity index (χ0) is 13.0. The number of Topliss-reactive ketones (excluding diaryl/α,β-unsaturated/α-hetero) is 1. The minimum Gasteiger partial charge on any atom is -0.298 e. The zero-order valence-corrected chi connectivity index (χ0v) is 12.7. The van der Waals surface area contributed by atoms with Gasteiger partial charge in [-0.15, -0.1) is 11.8 Å². The average Bonchev–Trinajstić information content (AvgIpc) is 2.41. The first-order valence-corrected chi connectivity index (χ1v) is 8.54. The van der Waals surface area contributed by atoms with E-state index in [0.29, 0.717) is 22.5 Å². The first kappa shape index (κ1) is 14.2. The number of halogens is 1. The number of hydrogen-bond donors (Lipinski definition) is 0. The lowest BCUT2D eigenvalue weighted by Crippen LogP contribution is -2.33. The van der Waals surface area contributed by atoms with Crippen LogP contribution < -0.4 is 0 Å². The predicted octanol–water partition coefficient (Wildman–Crippen LogP) is 3.47. The van der Waals surface area contributed by atoms with E-state index in [1.807, 2.05) is 17.8 Å². The highest BCUT2D eigenvalue weighted by Crippen LogP contribution is 2.34. The van der Waals surface area contributed by atoms with Gasteiger partial charge in [-0.05, 0) is 18.1 Å². The van der Waals surface area contributed by atoms with Gasteiger partial charge in [0.05, 0.1) is 10.3 Å². The van der Waals surface area contributed by atoms with Gasteiger partial charge in [0, 0.05) is 35.6 Å². The molecule has 1 fully saturated rings. The van der Waals surface area contributed by atoms with Gasteiger partial charge in [0.15, 0.2) is 5.78 Å². The predicted molar refractivity (Wildman–Crippen MR) is 80.7 cm³/mol. The fraction of sp³-hybridized carbons (Fsp3) is 0.538. The van der Waals surface area contributed by atoms with Crippen molar-refractivity contribution in [3.8, 4) is 0 Å². The molecule has 0 amide bonds. The third-order valence-electron chi connectivity index (χ3n) is 2.99. The van der Waals surface area contributed by atoms with Gasteiger partial charge in [0.25, 0.3) is 0 Å². The van der Waals surface area contributed by atoms with E-state index in [4.69, 9.17) is 11.6 Å². The molecule has 5 heteroatoms. The molecular weight excluding hydrogens is 286 g/mol. The van der Waals surface area contributed by atoms with E-state index >= 15 is 0 Å². The molecule has 0 aromatic carbocycles. The summed E-state index contributed by atoms with van der Waals surface area (Å²) >= 11 is 9.78. The van der Waals surface area contributed by atoms with Crippen molar-refractivity contribution >= 4 is 40.9 Å². The van der Waals surface area contributed by atoms with Gasteiger partial charge in [0.2, 0.25) is 0 Å². The van der Waals surface area contributed by atoms with Crippen LogP contribution in [0.4, 0.5) is 0 Å². The van der Waals surface area contributed by atoms with Crippen LogP contribution in [-0.2, 0) is 11.2 Å². The molecule has 0 N–H and O–H groups in total. The van der Waals surface area contributed by atoms with Gasteiger partial charge in [-0.3, -0.25) is 9.78 Å². The van der Waals surface area contributed by atoms with Crippen molar-refractivity contribution in [1.29, 1.82) is 0 Å². The molecule has 0 radical (unpaired) electrons. The molecular formula is C13H16ClNOS2. The van der Waals surface area contributed by atoms with Crippen LogP contribution in [0.25, 0.3) is 0 Å². The Kier molecular flexibility index (Phi) is 5.39. The van der Waals surface area contributed by atoms with Crippen LogP contribution in [-0.4, -0.2) is 32.8 Å². The van der Waals surface area contributed by atoms with Gasteiger partial charge in [0.1, 0.15) is 0 Å². The number of hydrogen-bond acceptors (Lipinski definition) is 4. The number of nitrogens with zero attached hydrogens (tertiary/aromatic N) is 1. The summed E-state index contributed by atoms with van der Waals surface area (Å²) in [6, 6.07) is 1.84. The van der Waals surface area contributed by atoms with E-state index < -0.39 is 0 Å². The number of thioether (sulfide) groups is 2. The molecule has 1 aromatic rings. The third kappa shape index (κ3) is 3.43. The molecule has 0 spiro atoms. The van der Waals surface area contributed by atoms with Crippen LogP contribution in [0.15, 0.2) is 18.5 Å². The van der Waals surface area contributed by atoms with Crippen LogP contribution in [0.1, 0.15) is 18.9 Å². The molecule has 18 heavy (non-hydrogen) atoms. The molecule has 0 bridgehead atoms. The van der Waals surface area contributed by atoms with Crippen LogP contribution in [0.3, 0.4) is 0 Å². The maximum Gasteiger partial charge on any atom is 0.151 e. The monoisotopic (exact) mass is 301 g/mol. The lowest BCUT2D eigenvalue weighted by molar-refractivity contribution is -0.117. The Balaban J connectivity index is 2.05. The van der Waals surface area contributed by atoms with Gasteiger partial charge < -0.3 is 0 Å². The molecule has 1 aromatic heterocycles. The topological polar surface area (TPSA) is 30.0 Å². The highest BCUT2D eigenvalue weighted by atomic mass is 35.5. The van der Waals surface area contributed by atoms with E-state index in [1.54, 1.807) is 24.2 Å². The fourth-order valence-corrected chi connectivity index (χ4v) is 5.26. The maximum absolute atomic E-state index is 12.4. The van der Waals surface area contributed by atoms with E-state index in [1.165, 1.54) is 0 Å². The molecule has 98 valence electrons. The molecule has 2 atom stereocenters. The summed E-state index contributed by atoms with van der Waals surface area (Å²) < 4.78 is 0. The molecule has 1 aliphatic heterocycles. The van der Waals surface area contributed by atoms with E-state index in [9.17, 15) is 4.79 Å². The van der Waals surface area contributed by atoms with Crippen molar-refractivity contribution in [3.63, 3.8) is 0 Å². The molecule has 2 unspecified atom stereocenters. The summed E-state index contributed by atoms with van der Waals surface area (Å²) in [7, 11) is 0. The minimum absolute atomic E-state index is 0.123. The van der Waals surface area contributed by atoms with Crippen LogP contribution in [0, 0.1) is 0 Å². The standard InChI is InChI=1S/C13H16ClNOS2/c1-2-12-13(18-6-5-17-12)11(16)7-9-3-4-15-8-10(9)14/h3-4,8,12-13H,2,5-7H2,1H3. The van der Waals surface area contributed by atoms with Crippen molar-refractivity contribution in [2.24, 2.45) is 0 Å². The van der Waals surface area contributed by atoms with Crippen LogP contribution in [0.2, 0.25) is 5.02 Å². The normalized spacial score (nSPS) is 23.9. The molecule has 0 saturated carbocycles. The van der Waals surface area contributed by atoms with E-state index in [2.05, 4.69) is 11.9 Å². The van der Waals surface area contributed by atoms with Gasteiger partial charge in [-0.25, -0.2) is 0 Å². The molecule has 1 saturated heterocycles. The Bertz CT molecular complexity index is 427. The minimum atomic E-state index is 0.123. The Morgan fingerprint density at radius 1 is 1.50 bits per heavy atom. The van der Waals surface area contributed by atoms with Crippen molar-refractivity contribution in [2.45, 2.75) is 30.3 Å². The van der Waals surface area contributed by atoms with Crippen molar-refractivity contribution in [2.75, 3.05) is 11.5 Å². The molecule has 0 aliphatic carbocycles. The van der Waals surface area contributed by atoms with Gasteiger partial charge >= 0.3 is 0 Å².